The lowest BCUT2D eigenvalue weighted by atomic mass is 10.2. The van der Waals surface area contributed by atoms with Crippen molar-refractivity contribution in [2.24, 2.45) is 5.10 Å². The predicted molar refractivity (Wildman–Crippen MR) is 62.2 cm³/mol. The van der Waals surface area contributed by atoms with Crippen molar-refractivity contribution in [3.63, 3.8) is 0 Å². The molecule has 0 radical (unpaired) electrons. The lowest BCUT2D eigenvalue weighted by molar-refractivity contribution is 0.450. The summed E-state index contributed by atoms with van der Waals surface area (Å²) >= 11 is 4.79. The number of rotatable bonds is 2. The van der Waals surface area contributed by atoms with Crippen LogP contribution in [-0.2, 0) is 0 Å². The van der Waals surface area contributed by atoms with Crippen LogP contribution in [0.4, 0.5) is 0 Å². The highest BCUT2D eigenvalue weighted by molar-refractivity contribution is 7.80. The van der Waals surface area contributed by atoms with Gasteiger partial charge >= 0.3 is 0 Å². The maximum atomic E-state index is 9.39. The normalized spacial score (nSPS) is 10.2. The third-order valence-electron chi connectivity index (χ3n) is 1.61. The van der Waals surface area contributed by atoms with Crippen LogP contribution in [0.5, 0.6) is 11.5 Å². The summed E-state index contributed by atoms with van der Waals surface area (Å²) in [6, 6.07) is 4.23. The van der Waals surface area contributed by atoms with E-state index in [-0.39, 0.29) is 11.5 Å². The average molecular weight is 225 g/mol. The van der Waals surface area contributed by atoms with Gasteiger partial charge in [-0.1, -0.05) is 0 Å². The van der Waals surface area contributed by atoms with Crippen LogP contribution < -0.4 is 10.7 Å². The Labute approximate surface area is 92.4 Å². The highest BCUT2D eigenvalue weighted by Gasteiger charge is 1.98. The van der Waals surface area contributed by atoms with Gasteiger partial charge in [0.1, 0.15) is 11.5 Å². The summed E-state index contributed by atoms with van der Waals surface area (Å²) in [5.74, 6) is -0.0423. The van der Waals surface area contributed by atoms with E-state index in [9.17, 15) is 5.11 Å². The molecule has 6 heteroatoms. The summed E-state index contributed by atoms with van der Waals surface area (Å²) in [4.78, 5) is 0. The second kappa shape index (κ2) is 5.16. The van der Waals surface area contributed by atoms with Crippen LogP contribution in [0.15, 0.2) is 23.3 Å². The molecule has 1 rings (SSSR count). The molecule has 0 unspecified atom stereocenters. The van der Waals surface area contributed by atoms with Crippen LogP contribution in [0.1, 0.15) is 5.56 Å². The highest BCUT2D eigenvalue weighted by Crippen LogP contribution is 2.20. The zero-order valence-electron chi connectivity index (χ0n) is 8.06. The number of aromatic hydroxyl groups is 2. The van der Waals surface area contributed by atoms with Gasteiger partial charge in [-0.3, -0.25) is 5.43 Å². The lowest BCUT2D eigenvalue weighted by Gasteiger charge is -2.01. The van der Waals surface area contributed by atoms with Gasteiger partial charge in [0.25, 0.3) is 0 Å². The van der Waals surface area contributed by atoms with Crippen LogP contribution >= 0.6 is 12.2 Å². The minimum Gasteiger partial charge on any atom is -0.508 e. The molecule has 0 aliphatic carbocycles. The summed E-state index contributed by atoms with van der Waals surface area (Å²) in [5.41, 5.74) is 3.02. The fourth-order valence-corrected chi connectivity index (χ4v) is 0.910. The highest BCUT2D eigenvalue weighted by atomic mass is 32.1. The van der Waals surface area contributed by atoms with Gasteiger partial charge in [0.05, 0.1) is 6.21 Å². The van der Waals surface area contributed by atoms with E-state index in [1.165, 1.54) is 24.4 Å². The Hall–Kier alpha value is -1.82. The van der Waals surface area contributed by atoms with Crippen molar-refractivity contribution in [3.8, 4) is 11.5 Å². The average Bonchev–Trinajstić information content (AvgIpc) is 2.21. The Balaban J connectivity index is 2.68. The molecule has 0 bridgehead atoms. The van der Waals surface area contributed by atoms with E-state index in [0.717, 1.165) is 0 Å². The van der Waals surface area contributed by atoms with Gasteiger partial charge < -0.3 is 15.5 Å². The standard InChI is InChI=1S/C9H11N3O2S/c1-10-9(15)12-11-5-6-2-3-7(13)4-8(6)14/h2-5,13-14H,1H3,(H2,10,12,15)/b11-5+. The predicted octanol–water partition coefficient (Wildman–Crippen LogP) is 0.526. The summed E-state index contributed by atoms with van der Waals surface area (Å²) < 4.78 is 0. The lowest BCUT2D eigenvalue weighted by Crippen LogP contribution is -2.28. The minimum atomic E-state index is -0.0454. The molecule has 0 atom stereocenters. The van der Waals surface area contributed by atoms with E-state index in [0.29, 0.717) is 10.7 Å². The molecule has 0 aliphatic heterocycles. The van der Waals surface area contributed by atoms with Crippen molar-refractivity contribution in [1.29, 1.82) is 0 Å². The minimum absolute atomic E-state index is 0.00311. The maximum Gasteiger partial charge on any atom is 0.186 e. The molecule has 0 spiro atoms. The topological polar surface area (TPSA) is 76.9 Å². The fraction of sp³-hybridized carbons (Fsp3) is 0.111. The van der Waals surface area contributed by atoms with E-state index in [4.69, 9.17) is 17.3 Å². The molecule has 1 aromatic rings. The summed E-state index contributed by atoms with van der Waals surface area (Å²) in [6.45, 7) is 0. The first-order valence-electron chi connectivity index (χ1n) is 4.16. The largest absolute Gasteiger partial charge is 0.508 e. The van der Waals surface area contributed by atoms with Crippen molar-refractivity contribution in [3.05, 3.63) is 23.8 Å². The van der Waals surface area contributed by atoms with Gasteiger partial charge in [0.15, 0.2) is 5.11 Å². The SMILES string of the molecule is CNC(=S)N/N=C/c1ccc(O)cc1O. The zero-order chi connectivity index (χ0) is 11.3. The van der Waals surface area contributed by atoms with E-state index in [2.05, 4.69) is 15.8 Å². The number of nitrogens with one attached hydrogen (secondary N) is 2. The molecule has 4 N–H and O–H groups in total. The third kappa shape index (κ3) is 3.43. The van der Waals surface area contributed by atoms with Gasteiger partial charge in [-0.05, 0) is 24.4 Å². The van der Waals surface area contributed by atoms with Crippen LogP contribution in [0.3, 0.4) is 0 Å². The van der Waals surface area contributed by atoms with Gasteiger partial charge in [0, 0.05) is 18.7 Å². The van der Waals surface area contributed by atoms with Crippen LogP contribution in [0, 0.1) is 0 Å². The molecule has 0 amide bonds. The smallest absolute Gasteiger partial charge is 0.186 e. The second-order valence-electron chi connectivity index (χ2n) is 2.69. The van der Waals surface area contributed by atoms with Gasteiger partial charge in [-0.15, -0.1) is 0 Å². The first-order valence-corrected chi connectivity index (χ1v) is 4.57. The van der Waals surface area contributed by atoms with Crippen LogP contribution in [0.25, 0.3) is 0 Å². The number of benzene rings is 1. The summed E-state index contributed by atoms with van der Waals surface area (Å²) in [6.07, 6.45) is 1.40. The maximum absolute atomic E-state index is 9.39. The molecular weight excluding hydrogens is 214 g/mol. The van der Waals surface area contributed by atoms with Crippen LogP contribution in [0.2, 0.25) is 0 Å². The Morgan fingerprint density at radius 1 is 1.47 bits per heavy atom. The van der Waals surface area contributed by atoms with E-state index in [1.54, 1.807) is 7.05 Å². The zero-order valence-corrected chi connectivity index (χ0v) is 8.88. The summed E-state index contributed by atoms with van der Waals surface area (Å²) in [5, 5.41) is 25.3. The molecule has 0 saturated carbocycles. The molecular formula is C9H11N3O2S. The monoisotopic (exact) mass is 225 g/mol. The number of phenols is 2. The number of hydrogen-bond acceptors (Lipinski definition) is 4. The second-order valence-corrected chi connectivity index (χ2v) is 3.10. The van der Waals surface area contributed by atoms with Crippen molar-refractivity contribution in [2.75, 3.05) is 7.05 Å². The van der Waals surface area contributed by atoms with E-state index in [1.807, 2.05) is 0 Å². The molecule has 15 heavy (non-hydrogen) atoms. The number of hydrazone groups is 1. The van der Waals surface area contributed by atoms with Crippen molar-refractivity contribution >= 4 is 23.5 Å². The number of phenolic OH excluding ortho intramolecular Hbond substituents is 2. The Morgan fingerprint density at radius 3 is 2.80 bits per heavy atom. The van der Waals surface area contributed by atoms with E-state index >= 15 is 0 Å². The van der Waals surface area contributed by atoms with E-state index < -0.39 is 0 Å². The quantitative estimate of drug-likeness (QED) is 0.335. The van der Waals surface area contributed by atoms with Crippen molar-refractivity contribution in [1.82, 2.24) is 10.7 Å². The van der Waals surface area contributed by atoms with Gasteiger partial charge in [-0.2, -0.15) is 5.10 Å². The first kappa shape index (κ1) is 11.3. The molecule has 0 heterocycles. The molecule has 1 aromatic carbocycles. The number of nitrogens with zero attached hydrogens (tertiary/aromatic N) is 1. The molecule has 0 aliphatic rings. The fourth-order valence-electron chi connectivity index (χ4n) is 0.858. The molecule has 80 valence electrons. The van der Waals surface area contributed by atoms with Crippen molar-refractivity contribution in [2.45, 2.75) is 0 Å². The molecule has 0 aromatic heterocycles. The Kier molecular flexibility index (Phi) is 3.87. The number of hydrogen-bond donors (Lipinski definition) is 4. The summed E-state index contributed by atoms with van der Waals surface area (Å²) in [7, 11) is 1.67. The molecule has 0 saturated heterocycles. The van der Waals surface area contributed by atoms with Crippen molar-refractivity contribution < 1.29 is 10.2 Å². The van der Waals surface area contributed by atoms with Crippen LogP contribution in [-0.4, -0.2) is 28.6 Å². The van der Waals surface area contributed by atoms with Gasteiger partial charge in [0.2, 0.25) is 0 Å². The van der Waals surface area contributed by atoms with Gasteiger partial charge in [-0.25, -0.2) is 0 Å². The Morgan fingerprint density at radius 2 is 2.20 bits per heavy atom. The third-order valence-corrected chi connectivity index (χ3v) is 1.91. The molecule has 5 nitrogen and oxygen atoms in total. The molecule has 0 fully saturated rings. The number of thiocarbonyl (C=S) groups is 1. The first-order chi connectivity index (χ1) is 7.13. The Bertz CT molecular complexity index is 393.